The molecule has 28 heavy (non-hydrogen) atoms. The molecule has 0 aliphatic rings. The third kappa shape index (κ3) is 5.63. The molecule has 0 aromatic heterocycles. The minimum atomic E-state index is -0.404. The van der Waals surface area contributed by atoms with E-state index in [1.807, 2.05) is 31.2 Å². The Morgan fingerprint density at radius 3 is 2.21 bits per heavy atom. The van der Waals surface area contributed by atoms with Crippen LogP contribution in [0.5, 0.6) is 17.2 Å². The average molecular weight is 450 g/mol. The zero-order chi connectivity index (χ0) is 20.5. The Bertz CT molecular complexity index is 800. The largest absolute Gasteiger partial charge is 0.493 e. The fourth-order valence-corrected chi connectivity index (χ4v) is 2.79. The van der Waals surface area contributed by atoms with E-state index in [0.29, 0.717) is 29.2 Å². The van der Waals surface area contributed by atoms with Gasteiger partial charge < -0.3 is 19.5 Å². The number of nitrogens with zero attached hydrogens (tertiary/aromatic N) is 1. The van der Waals surface area contributed by atoms with Gasteiger partial charge in [-0.05, 0) is 42.8 Å². The lowest BCUT2D eigenvalue weighted by Gasteiger charge is -2.16. The fourth-order valence-electron chi connectivity index (χ4n) is 2.52. The van der Waals surface area contributed by atoms with Crippen molar-refractivity contribution in [1.82, 2.24) is 5.43 Å². The van der Waals surface area contributed by atoms with Gasteiger partial charge in [0.2, 0.25) is 5.75 Å². The molecule has 0 aliphatic carbocycles. The second kappa shape index (κ2) is 10.6. The number of anilines is 1. The van der Waals surface area contributed by atoms with Crippen molar-refractivity contribution in [1.29, 1.82) is 0 Å². The van der Waals surface area contributed by atoms with E-state index in [0.717, 1.165) is 10.2 Å². The van der Waals surface area contributed by atoms with E-state index in [1.165, 1.54) is 13.3 Å². The van der Waals surface area contributed by atoms with E-state index < -0.39 is 6.04 Å². The van der Waals surface area contributed by atoms with Gasteiger partial charge in [0.05, 0.1) is 27.5 Å². The number of benzene rings is 2. The number of rotatable bonds is 9. The minimum absolute atomic E-state index is 0.228. The van der Waals surface area contributed by atoms with Crippen LogP contribution in [0.15, 0.2) is 46.0 Å². The number of hydrazone groups is 1. The summed E-state index contributed by atoms with van der Waals surface area (Å²) in [4.78, 5) is 12.4. The van der Waals surface area contributed by atoms with Crippen molar-refractivity contribution in [3.05, 3.63) is 46.4 Å². The highest BCUT2D eigenvalue weighted by Gasteiger charge is 2.16. The van der Waals surface area contributed by atoms with Crippen molar-refractivity contribution >= 4 is 33.7 Å². The summed E-state index contributed by atoms with van der Waals surface area (Å²) in [5.41, 5.74) is 4.12. The Kier molecular flexibility index (Phi) is 8.13. The van der Waals surface area contributed by atoms with E-state index in [2.05, 4.69) is 31.8 Å². The molecule has 2 N–H and O–H groups in total. The highest BCUT2D eigenvalue weighted by molar-refractivity contribution is 9.10. The number of carbonyl (C=O) groups excluding carboxylic acids is 1. The van der Waals surface area contributed by atoms with Gasteiger partial charge in [-0.15, -0.1) is 0 Å². The van der Waals surface area contributed by atoms with E-state index >= 15 is 0 Å². The lowest BCUT2D eigenvalue weighted by molar-refractivity contribution is -0.121. The quantitative estimate of drug-likeness (QED) is 0.449. The van der Waals surface area contributed by atoms with Gasteiger partial charge in [0.25, 0.3) is 5.91 Å². The van der Waals surface area contributed by atoms with Gasteiger partial charge in [0, 0.05) is 15.7 Å². The van der Waals surface area contributed by atoms with Gasteiger partial charge in [0.15, 0.2) is 11.5 Å². The van der Waals surface area contributed by atoms with E-state index in [9.17, 15) is 4.79 Å². The maximum atomic E-state index is 12.4. The van der Waals surface area contributed by atoms with Crippen LogP contribution in [-0.4, -0.2) is 39.5 Å². The Balaban J connectivity index is 2.06. The van der Waals surface area contributed by atoms with Crippen LogP contribution in [0.25, 0.3) is 0 Å². The number of methoxy groups -OCH3 is 3. The molecule has 0 bridgehead atoms. The zero-order valence-electron chi connectivity index (χ0n) is 16.3. The lowest BCUT2D eigenvalue weighted by atomic mass is 10.2. The van der Waals surface area contributed by atoms with Crippen LogP contribution in [0.4, 0.5) is 5.69 Å². The number of ether oxygens (including phenoxy) is 3. The molecular formula is C20H24BrN3O4. The SMILES string of the molecule is CC[C@@H](Nc1ccc(Br)cc1)C(=O)N/N=C\c1cc(OC)c(OC)c(OC)c1. The Morgan fingerprint density at radius 2 is 1.71 bits per heavy atom. The van der Waals surface area contributed by atoms with Crippen LogP contribution < -0.4 is 25.0 Å². The fraction of sp³-hybridized carbons (Fsp3) is 0.300. The second-order valence-electron chi connectivity index (χ2n) is 5.80. The van der Waals surface area contributed by atoms with E-state index in [4.69, 9.17) is 14.2 Å². The highest BCUT2D eigenvalue weighted by Crippen LogP contribution is 2.37. The Morgan fingerprint density at radius 1 is 1.11 bits per heavy atom. The summed E-state index contributed by atoms with van der Waals surface area (Å²) in [5.74, 6) is 1.29. The first kappa shape index (κ1) is 21.6. The van der Waals surface area contributed by atoms with Crippen LogP contribution >= 0.6 is 15.9 Å². The molecule has 0 saturated carbocycles. The molecule has 0 fully saturated rings. The summed E-state index contributed by atoms with van der Waals surface area (Å²) in [6.45, 7) is 1.93. The van der Waals surface area contributed by atoms with E-state index in [1.54, 1.807) is 26.4 Å². The lowest BCUT2D eigenvalue weighted by Crippen LogP contribution is -2.36. The van der Waals surface area contributed by atoms with Crippen LogP contribution in [0.2, 0.25) is 0 Å². The molecule has 8 heteroatoms. The van der Waals surface area contributed by atoms with Gasteiger partial charge in [-0.1, -0.05) is 22.9 Å². The van der Waals surface area contributed by atoms with Crippen molar-refractivity contribution in [2.75, 3.05) is 26.6 Å². The molecule has 2 aromatic rings. The zero-order valence-corrected chi connectivity index (χ0v) is 17.9. The predicted octanol–water partition coefficient (Wildman–Crippen LogP) is 3.82. The molecule has 0 heterocycles. The number of nitrogens with one attached hydrogen (secondary N) is 2. The summed E-state index contributed by atoms with van der Waals surface area (Å²) in [6.07, 6.45) is 2.14. The van der Waals surface area contributed by atoms with Crippen molar-refractivity contribution in [3.63, 3.8) is 0 Å². The van der Waals surface area contributed by atoms with Crippen LogP contribution in [0.3, 0.4) is 0 Å². The first-order chi connectivity index (χ1) is 13.5. The molecule has 0 unspecified atom stereocenters. The van der Waals surface area contributed by atoms with Gasteiger partial charge in [-0.2, -0.15) is 5.10 Å². The Labute approximate surface area is 173 Å². The van der Waals surface area contributed by atoms with Crippen molar-refractivity contribution in [2.24, 2.45) is 5.10 Å². The number of halogens is 1. The maximum absolute atomic E-state index is 12.4. The molecule has 0 saturated heterocycles. The predicted molar refractivity (Wildman–Crippen MR) is 114 cm³/mol. The maximum Gasteiger partial charge on any atom is 0.262 e. The van der Waals surface area contributed by atoms with Crippen LogP contribution in [0.1, 0.15) is 18.9 Å². The third-order valence-corrected chi connectivity index (χ3v) is 4.51. The van der Waals surface area contributed by atoms with Gasteiger partial charge in [0.1, 0.15) is 6.04 Å². The first-order valence-electron chi connectivity index (χ1n) is 8.67. The van der Waals surface area contributed by atoms with Gasteiger partial charge >= 0.3 is 0 Å². The van der Waals surface area contributed by atoms with E-state index in [-0.39, 0.29) is 5.91 Å². The second-order valence-corrected chi connectivity index (χ2v) is 6.72. The summed E-state index contributed by atoms with van der Waals surface area (Å²) in [5, 5.41) is 7.24. The monoisotopic (exact) mass is 449 g/mol. The molecule has 7 nitrogen and oxygen atoms in total. The Hall–Kier alpha value is -2.74. The molecule has 0 radical (unpaired) electrons. The molecular weight excluding hydrogens is 426 g/mol. The normalized spacial score (nSPS) is 11.8. The molecule has 0 aliphatic heterocycles. The summed E-state index contributed by atoms with van der Waals surface area (Å²) in [6, 6.07) is 10.7. The van der Waals surface area contributed by atoms with Gasteiger partial charge in [-0.3, -0.25) is 4.79 Å². The number of amides is 1. The van der Waals surface area contributed by atoms with Crippen LogP contribution in [0, 0.1) is 0 Å². The number of hydrogen-bond acceptors (Lipinski definition) is 6. The third-order valence-electron chi connectivity index (χ3n) is 3.99. The summed E-state index contributed by atoms with van der Waals surface area (Å²) < 4.78 is 16.9. The van der Waals surface area contributed by atoms with Gasteiger partial charge in [-0.25, -0.2) is 5.43 Å². The summed E-state index contributed by atoms with van der Waals surface area (Å²) >= 11 is 3.39. The smallest absolute Gasteiger partial charge is 0.262 e. The molecule has 1 amide bonds. The topological polar surface area (TPSA) is 81.2 Å². The number of carbonyl (C=O) groups is 1. The molecule has 2 rings (SSSR count). The highest BCUT2D eigenvalue weighted by atomic mass is 79.9. The van der Waals surface area contributed by atoms with Crippen molar-refractivity contribution in [3.8, 4) is 17.2 Å². The average Bonchev–Trinajstić information content (AvgIpc) is 2.72. The summed E-state index contributed by atoms with van der Waals surface area (Å²) in [7, 11) is 4.62. The standard InChI is InChI=1S/C20H24BrN3O4/c1-5-16(23-15-8-6-14(21)7-9-15)20(25)24-22-12-13-10-17(26-2)19(28-4)18(11-13)27-3/h6-12,16,23H,5H2,1-4H3,(H,24,25)/b22-12-/t16-/m1/s1. The van der Waals surface area contributed by atoms with Crippen molar-refractivity contribution < 1.29 is 19.0 Å². The molecule has 0 spiro atoms. The molecule has 150 valence electrons. The minimum Gasteiger partial charge on any atom is -0.493 e. The molecule has 1 atom stereocenters. The number of hydrogen-bond donors (Lipinski definition) is 2. The van der Waals surface area contributed by atoms with Crippen LogP contribution in [-0.2, 0) is 4.79 Å². The van der Waals surface area contributed by atoms with Crippen molar-refractivity contribution in [2.45, 2.75) is 19.4 Å². The molecule has 2 aromatic carbocycles. The first-order valence-corrected chi connectivity index (χ1v) is 9.46.